The van der Waals surface area contributed by atoms with Crippen LogP contribution in [0.2, 0.25) is 0 Å². The molecule has 0 radical (unpaired) electrons. The lowest BCUT2D eigenvalue weighted by Crippen LogP contribution is -2.47. The zero-order valence-corrected chi connectivity index (χ0v) is 17.5. The van der Waals surface area contributed by atoms with E-state index in [1.807, 2.05) is 25.0 Å². The molecule has 4 rings (SSSR count). The van der Waals surface area contributed by atoms with Crippen LogP contribution in [0.3, 0.4) is 0 Å². The van der Waals surface area contributed by atoms with Crippen molar-refractivity contribution in [2.24, 2.45) is 4.36 Å². The van der Waals surface area contributed by atoms with Crippen LogP contribution in [-0.2, 0) is 10.7 Å². The van der Waals surface area contributed by atoms with Gasteiger partial charge < -0.3 is 4.90 Å². The molecule has 27 heavy (non-hydrogen) atoms. The predicted molar refractivity (Wildman–Crippen MR) is 114 cm³/mol. The summed E-state index contributed by atoms with van der Waals surface area (Å²) in [5, 5.41) is 0. The van der Waals surface area contributed by atoms with Crippen LogP contribution in [0.1, 0.15) is 18.5 Å². The number of piperazine rings is 1. The van der Waals surface area contributed by atoms with E-state index in [9.17, 15) is 0 Å². The highest BCUT2D eigenvalue weighted by atomic mass is 32.2. The van der Waals surface area contributed by atoms with Crippen LogP contribution < -0.4 is 4.90 Å². The zero-order chi connectivity index (χ0) is 18.8. The number of benzene rings is 1. The molecule has 0 amide bonds. The lowest BCUT2D eigenvalue weighted by atomic mass is 10.1. The number of hydrogen-bond acceptors (Lipinski definition) is 7. The summed E-state index contributed by atoms with van der Waals surface area (Å²) in [7, 11) is 1.71. The Balaban J connectivity index is 1.40. The van der Waals surface area contributed by atoms with Gasteiger partial charge >= 0.3 is 0 Å². The van der Waals surface area contributed by atoms with Gasteiger partial charge in [0, 0.05) is 51.7 Å². The highest BCUT2D eigenvalue weighted by Crippen LogP contribution is 2.27. The van der Waals surface area contributed by atoms with Crippen molar-refractivity contribution in [3.8, 4) is 0 Å². The first kappa shape index (κ1) is 18.5. The van der Waals surface area contributed by atoms with Gasteiger partial charge in [0.05, 0.1) is 20.6 Å². The SMILES string of the molecule is CN=S(C)c1cnc(N2CCN(C(C)c3ccc4scnc4c3)CC2)nc1. The van der Waals surface area contributed by atoms with Crippen LogP contribution in [0.5, 0.6) is 0 Å². The van der Waals surface area contributed by atoms with Gasteiger partial charge in [-0.1, -0.05) is 16.8 Å². The molecule has 2 aromatic heterocycles. The van der Waals surface area contributed by atoms with Crippen LogP contribution in [0.4, 0.5) is 5.95 Å². The summed E-state index contributed by atoms with van der Waals surface area (Å²) in [4.78, 5) is 19.5. The van der Waals surface area contributed by atoms with Crippen molar-refractivity contribution >= 4 is 38.2 Å². The number of rotatable bonds is 4. The number of nitrogens with zero attached hydrogens (tertiary/aromatic N) is 6. The average molecular weight is 401 g/mol. The van der Waals surface area contributed by atoms with Crippen LogP contribution in [0, 0.1) is 0 Å². The van der Waals surface area contributed by atoms with E-state index in [1.54, 1.807) is 11.3 Å². The third-order valence-corrected chi connectivity index (χ3v) is 7.46. The minimum atomic E-state index is -0.125. The van der Waals surface area contributed by atoms with Gasteiger partial charge in [0.2, 0.25) is 5.95 Å². The van der Waals surface area contributed by atoms with Crippen molar-refractivity contribution in [2.75, 3.05) is 44.4 Å². The standard InChI is InChI=1S/C19H24N6S2/c1-14(15-4-5-18-17(10-15)23-13-26-18)24-6-8-25(9-7-24)19-21-11-16(12-22-19)27(3)20-2/h4-5,10-14H,6-9H2,1-3H3. The number of thiazole rings is 1. The van der Waals surface area contributed by atoms with Crippen molar-refractivity contribution in [2.45, 2.75) is 17.9 Å². The summed E-state index contributed by atoms with van der Waals surface area (Å²) < 4.78 is 5.55. The Bertz CT molecular complexity index is 944. The van der Waals surface area contributed by atoms with Crippen LogP contribution in [0.15, 0.2) is 45.4 Å². The Morgan fingerprint density at radius 2 is 1.85 bits per heavy atom. The van der Waals surface area contributed by atoms with Crippen LogP contribution >= 0.6 is 11.3 Å². The summed E-state index contributed by atoms with van der Waals surface area (Å²) in [5.41, 5.74) is 4.35. The second-order valence-corrected chi connectivity index (χ2v) is 9.34. The summed E-state index contributed by atoms with van der Waals surface area (Å²) in [6.07, 6.45) is 5.91. The first-order valence-electron chi connectivity index (χ1n) is 9.06. The largest absolute Gasteiger partial charge is 0.338 e. The van der Waals surface area contributed by atoms with Crippen molar-refractivity contribution < 1.29 is 0 Å². The maximum absolute atomic E-state index is 4.56. The van der Waals surface area contributed by atoms with E-state index in [1.165, 1.54) is 10.3 Å². The van der Waals surface area contributed by atoms with E-state index in [2.05, 4.69) is 60.5 Å². The molecule has 8 heteroatoms. The zero-order valence-electron chi connectivity index (χ0n) is 15.9. The smallest absolute Gasteiger partial charge is 0.225 e. The summed E-state index contributed by atoms with van der Waals surface area (Å²) in [6, 6.07) is 7.04. The molecule has 1 fully saturated rings. The van der Waals surface area contributed by atoms with Crippen molar-refractivity contribution in [1.29, 1.82) is 0 Å². The monoisotopic (exact) mass is 400 g/mol. The maximum atomic E-state index is 4.56. The Labute approximate surface area is 166 Å². The molecule has 1 aliphatic rings. The van der Waals surface area contributed by atoms with Gasteiger partial charge in [0.25, 0.3) is 0 Å². The molecule has 1 aromatic carbocycles. The number of aromatic nitrogens is 3. The van der Waals surface area contributed by atoms with E-state index in [4.69, 9.17) is 0 Å². The van der Waals surface area contributed by atoms with Gasteiger partial charge in [-0.2, -0.15) is 0 Å². The van der Waals surface area contributed by atoms with Crippen LogP contribution in [-0.4, -0.2) is 59.3 Å². The normalized spacial score (nSPS) is 18.1. The average Bonchev–Trinajstić information content (AvgIpc) is 3.21. The molecule has 142 valence electrons. The molecule has 1 aliphatic heterocycles. The van der Waals surface area contributed by atoms with E-state index in [0.717, 1.165) is 42.5 Å². The third-order valence-electron chi connectivity index (χ3n) is 5.21. The van der Waals surface area contributed by atoms with E-state index < -0.39 is 0 Å². The quantitative estimate of drug-likeness (QED) is 0.672. The second kappa shape index (κ2) is 8.00. The lowest BCUT2D eigenvalue weighted by Gasteiger charge is -2.38. The topological polar surface area (TPSA) is 57.5 Å². The van der Waals surface area contributed by atoms with Crippen molar-refractivity contribution in [3.05, 3.63) is 41.7 Å². The van der Waals surface area contributed by atoms with Crippen LogP contribution in [0.25, 0.3) is 10.2 Å². The molecule has 0 aliphatic carbocycles. The third kappa shape index (κ3) is 3.88. The van der Waals surface area contributed by atoms with Gasteiger partial charge in [-0.15, -0.1) is 11.3 Å². The molecule has 3 heterocycles. The molecule has 2 unspecified atom stereocenters. The molecule has 3 aromatic rings. The van der Waals surface area contributed by atoms with Gasteiger partial charge in [0.1, 0.15) is 0 Å². The minimum Gasteiger partial charge on any atom is -0.338 e. The Hall–Kier alpha value is -1.90. The molecule has 1 saturated heterocycles. The molecule has 2 atom stereocenters. The summed E-state index contributed by atoms with van der Waals surface area (Å²) in [6.45, 7) is 6.18. The molecule has 0 spiro atoms. The lowest BCUT2D eigenvalue weighted by molar-refractivity contribution is 0.198. The Kier molecular flexibility index (Phi) is 5.47. The van der Waals surface area contributed by atoms with E-state index >= 15 is 0 Å². The number of anilines is 1. The predicted octanol–water partition coefficient (Wildman–Crippen LogP) is 3.39. The maximum Gasteiger partial charge on any atom is 0.225 e. The fraction of sp³-hybridized carbons (Fsp3) is 0.421. The van der Waals surface area contributed by atoms with E-state index in [-0.39, 0.29) is 10.7 Å². The number of fused-ring (bicyclic) bond motifs is 1. The summed E-state index contributed by atoms with van der Waals surface area (Å²) >= 11 is 1.69. The highest BCUT2D eigenvalue weighted by Gasteiger charge is 2.23. The van der Waals surface area contributed by atoms with Crippen molar-refractivity contribution in [3.63, 3.8) is 0 Å². The van der Waals surface area contributed by atoms with Gasteiger partial charge in [-0.3, -0.25) is 9.26 Å². The molecule has 0 bridgehead atoms. The Morgan fingerprint density at radius 3 is 2.56 bits per heavy atom. The molecule has 0 N–H and O–H groups in total. The summed E-state index contributed by atoms with van der Waals surface area (Å²) in [5.74, 6) is 0.822. The first-order chi connectivity index (χ1) is 13.2. The van der Waals surface area contributed by atoms with Gasteiger partial charge in [0.15, 0.2) is 0 Å². The van der Waals surface area contributed by atoms with Gasteiger partial charge in [-0.05, 0) is 30.9 Å². The fourth-order valence-corrected chi connectivity index (χ4v) is 4.67. The van der Waals surface area contributed by atoms with E-state index in [0.29, 0.717) is 6.04 Å². The molecule has 0 saturated carbocycles. The minimum absolute atomic E-state index is 0.125. The second-order valence-electron chi connectivity index (χ2n) is 6.66. The first-order valence-corrected chi connectivity index (χ1v) is 11.5. The number of hydrogen-bond donors (Lipinski definition) is 0. The highest BCUT2D eigenvalue weighted by molar-refractivity contribution is 7.86. The fourth-order valence-electron chi connectivity index (χ4n) is 3.39. The molecular weight excluding hydrogens is 376 g/mol. The van der Waals surface area contributed by atoms with Gasteiger partial charge in [-0.25, -0.2) is 15.0 Å². The van der Waals surface area contributed by atoms with Crippen molar-refractivity contribution in [1.82, 2.24) is 19.9 Å². The Morgan fingerprint density at radius 1 is 1.11 bits per heavy atom. The molecule has 6 nitrogen and oxygen atoms in total. The molecular formula is C19H24N6S2.